The maximum absolute atomic E-state index is 12.6. The summed E-state index contributed by atoms with van der Waals surface area (Å²) in [7, 11) is 0. The fraction of sp³-hybridized carbons (Fsp3) is 0.389. The summed E-state index contributed by atoms with van der Waals surface area (Å²) in [5.41, 5.74) is 1.19. The molecule has 27 heavy (non-hydrogen) atoms. The van der Waals surface area contributed by atoms with Gasteiger partial charge in [0, 0.05) is 44.2 Å². The van der Waals surface area contributed by atoms with Crippen molar-refractivity contribution in [2.75, 3.05) is 13.1 Å². The van der Waals surface area contributed by atoms with Crippen LogP contribution in [0.1, 0.15) is 34.3 Å². The molecule has 1 aliphatic rings. The standard InChI is InChI=1S/C18H18F3N5O/c1-12-23-17(24-27-12)15-10-25(11-15)7-14-6-22-26(9-14)8-13-2-4-16(5-3-13)18(19,20)21/h2-6,9,15H,7-8,10-11H2,1H3. The number of rotatable bonds is 5. The van der Waals surface area contributed by atoms with E-state index in [1.807, 2.05) is 6.20 Å². The van der Waals surface area contributed by atoms with Gasteiger partial charge in [-0.3, -0.25) is 9.58 Å². The second-order valence-electron chi connectivity index (χ2n) is 6.80. The van der Waals surface area contributed by atoms with Crippen LogP contribution in [-0.4, -0.2) is 37.9 Å². The molecule has 0 saturated carbocycles. The van der Waals surface area contributed by atoms with Crippen molar-refractivity contribution in [2.24, 2.45) is 0 Å². The van der Waals surface area contributed by atoms with E-state index in [2.05, 4.69) is 20.1 Å². The Kier molecular flexibility index (Phi) is 4.47. The summed E-state index contributed by atoms with van der Waals surface area (Å²) in [6, 6.07) is 5.16. The predicted octanol–water partition coefficient (Wildman–Crippen LogP) is 3.24. The number of benzene rings is 1. The molecule has 142 valence electrons. The summed E-state index contributed by atoms with van der Waals surface area (Å²) in [4.78, 5) is 6.51. The molecule has 2 aromatic heterocycles. The topological polar surface area (TPSA) is 60.0 Å². The van der Waals surface area contributed by atoms with Crippen LogP contribution in [0.25, 0.3) is 0 Å². The van der Waals surface area contributed by atoms with Gasteiger partial charge >= 0.3 is 6.18 Å². The maximum Gasteiger partial charge on any atom is 0.416 e. The summed E-state index contributed by atoms with van der Waals surface area (Å²) in [5, 5.41) is 8.25. The van der Waals surface area contributed by atoms with Crippen LogP contribution in [0.3, 0.4) is 0 Å². The van der Waals surface area contributed by atoms with E-state index in [9.17, 15) is 13.2 Å². The Morgan fingerprint density at radius 2 is 1.85 bits per heavy atom. The molecule has 0 N–H and O–H groups in total. The monoisotopic (exact) mass is 377 g/mol. The smallest absolute Gasteiger partial charge is 0.340 e. The molecular weight excluding hydrogens is 359 g/mol. The van der Waals surface area contributed by atoms with E-state index in [0.29, 0.717) is 18.4 Å². The molecule has 3 heterocycles. The number of aryl methyl sites for hydroxylation is 1. The SMILES string of the molecule is Cc1nc(C2CN(Cc3cnn(Cc4ccc(C(F)(F)F)cc4)c3)C2)no1. The lowest BCUT2D eigenvalue weighted by Gasteiger charge is -2.37. The van der Waals surface area contributed by atoms with Crippen molar-refractivity contribution in [3.63, 3.8) is 0 Å². The van der Waals surface area contributed by atoms with E-state index in [0.717, 1.165) is 48.7 Å². The number of nitrogens with zero attached hydrogens (tertiary/aromatic N) is 5. The Hall–Kier alpha value is -2.68. The van der Waals surface area contributed by atoms with Crippen LogP contribution < -0.4 is 0 Å². The highest BCUT2D eigenvalue weighted by molar-refractivity contribution is 5.25. The minimum atomic E-state index is -4.31. The number of alkyl halides is 3. The quantitative estimate of drug-likeness (QED) is 0.683. The lowest BCUT2D eigenvalue weighted by Crippen LogP contribution is -2.44. The Morgan fingerprint density at radius 1 is 1.11 bits per heavy atom. The zero-order chi connectivity index (χ0) is 19.0. The van der Waals surface area contributed by atoms with Gasteiger partial charge in [0.1, 0.15) is 0 Å². The highest BCUT2D eigenvalue weighted by Gasteiger charge is 2.32. The second-order valence-corrected chi connectivity index (χ2v) is 6.80. The molecule has 9 heteroatoms. The largest absolute Gasteiger partial charge is 0.416 e. The number of halogens is 3. The van der Waals surface area contributed by atoms with E-state index >= 15 is 0 Å². The molecule has 1 fully saturated rings. The van der Waals surface area contributed by atoms with E-state index in [1.54, 1.807) is 17.8 Å². The van der Waals surface area contributed by atoms with Crippen LogP contribution in [0.5, 0.6) is 0 Å². The lowest BCUT2D eigenvalue weighted by molar-refractivity contribution is -0.137. The molecule has 6 nitrogen and oxygen atoms in total. The molecule has 1 aromatic carbocycles. The summed E-state index contributed by atoms with van der Waals surface area (Å²) in [5.74, 6) is 1.62. The number of likely N-dealkylation sites (tertiary alicyclic amines) is 1. The molecule has 1 saturated heterocycles. The Bertz CT molecular complexity index is 910. The van der Waals surface area contributed by atoms with E-state index in [4.69, 9.17) is 4.52 Å². The predicted molar refractivity (Wildman–Crippen MR) is 89.8 cm³/mol. The molecule has 0 amide bonds. The second kappa shape index (κ2) is 6.80. The van der Waals surface area contributed by atoms with Crippen LogP contribution in [0.4, 0.5) is 13.2 Å². The van der Waals surface area contributed by atoms with Gasteiger partial charge in [-0.15, -0.1) is 0 Å². The number of hydrogen-bond donors (Lipinski definition) is 0. The summed E-state index contributed by atoms with van der Waals surface area (Å²) >= 11 is 0. The van der Waals surface area contributed by atoms with E-state index < -0.39 is 11.7 Å². The fourth-order valence-electron chi connectivity index (χ4n) is 3.16. The molecule has 0 bridgehead atoms. The number of hydrogen-bond acceptors (Lipinski definition) is 5. The Morgan fingerprint density at radius 3 is 2.48 bits per heavy atom. The molecule has 0 radical (unpaired) electrons. The van der Waals surface area contributed by atoms with Crippen LogP contribution in [0.15, 0.2) is 41.2 Å². The highest BCUT2D eigenvalue weighted by atomic mass is 19.4. The highest BCUT2D eigenvalue weighted by Crippen LogP contribution is 2.29. The lowest BCUT2D eigenvalue weighted by atomic mass is 9.99. The first-order chi connectivity index (χ1) is 12.9. The van der Waals surface area contributed by atoms with Crippen LogP contribution in [-0.2, 0) is 19.3 Å². The van der Waals surface area contributed by atoms with Gasteiger partial charge in [0.2, 0.25) is 5.89 Å². The van der Waals surface area contributed by atoms with Crippen molar-refractivity contribution in [2.45, 2.75) is 32.1 Å². The minimum absolute atomic E-state index is 0.296. The third-order valence-corrected chi connectivity index (χ3v) is 4.58. The van der Waals surface area contributed by atoms with Gasteiger partial charge in [0.15, 0.2) is 5.82 Å². The summed E-state index contributed by atoms with van der Waals surface area (Å²) in [6.45, 7) is 4.70. The van der Waals surface area contributed by atoms with Crippen LogP contribution in [0.2, 0.25) is 0 Å². The van der Waals surface area contributed by atoms with Gasteiger partial charge in [-0.05, 0) is 17.7 Å². The zero-order valence-corrected chi connectivity index (χ0v) is 14.6. The molecule has 0 aliphatic carbocycles. The van der Waals surface area contributed by atoms with Crippen molar-refractivity contribution in [1.29, 1.82) is 0 Å². The normalized spacial score (nSPS) is 15.9. The Balaban J connectivity index is 1.30. The van der Waals surface area contributed by atoms with Gasteiger partial charge < -0.3 is 4.52 Å². The van der Waals surface area contributed by atoms with Gasteiger partial charge in [0.25, 0.3) is 0 Å². The van der Waals surface area contributed by atoms with E-state index in [1.165, 1.54) is 12.1 Å². The van der Waals surface area contributed by atoms with Crippen molar-refractivity contribution >= 4 is 0 Å². The maximum atomic E-state index is 12.6. The molecule has 0 unspecified atom stereocenters. The first-order valence-corrected chi connectivity index (χ1v) is 8.57. The third kappa shape index (κ3) is 4.02. The molecule has 1 aliphatic heterocycles. The minimum Gasteiger partial charge on any atom is -0.340 e. The van der Waals surface area contributed by atoms with E-state index in [-0.39, 0.29) is 0 Å². The molecule has 4 rings (SSSR count). The third-order valence-electron chi connectivity index (χ3n) is 4.58. The van der Waals surface area contributed by atoms with Gasteiger partial charge in [-0.25, -0.2) is 0 Å². The van der Waals surface area contributed by atoms with Crippen LogP contribution in [0, 0.1) is 6.92 Å². The Labute approximate surface area is 153 Å². The molecule has 3 aromatic rings. The molecular formula is C18H18F3N5O. The first-order valence-electron chi connectivity index (χ1n) is 8.57. The fourth-order valence-corrected chi connectivity index (χ4v) is 3.16. The first kappa shape index (κ1) is 17.7. The summed E-state index contributed by atoms with van der Waals surface area (Å²) in [6.07, 6.45) is -0.605. The number of aromatic nitrogens is 4. The van der Waals surface area contributed by atoms with Crippen LogP contribution >= 0.6 is 0 Å². The van der Waals surface area contributed by atoms with Crippen molar-refractivity contribution < 1.29 is 17.7 Å². The van der Waals surface area contributed by atoms with Gasteiger partial charge in [-0.2, -0.15) is 23.3 Å². The molecule has 0 spiro atoms. The van der Waals surface area contributed by atoms with Gasteiger partial charge in [0.05, 0.1) is 18.3 Å². The van der Waals surface area contributed by atoms with Crippen molar-refractivity contribution in [3.8, 4) is 0 Å². The van der Waals surface area contributed by atoms with Crippen molar-refractivity contribution in [1.82, 2.24) is 24.8 Å². The van der Waals surface area contributed by atoms with Gasteiger partial charge in [-0.1, -0.05) is 17.3 Å². The average molecular weight is 377 g/mol. The zero-order valence-electron chi connectivity index (χ0n) is 14.6. The summed E-state index contributed by atoms with van der Waals surface area (Å²) < 4.78 is 44.6. The average Bonchev–Trinajstić information content (AvgIpc) is 3.19. The van der Waals surface area contributed by atoms with Crippen molar-refractivity contribution in [3.05, 3.63) is 65.1 Å². The molecule has 0 atom stereocenters.